The van der Waals surface area contributed by atoms with Gasteiger partial charge < -0.3 is 10.2 Å². The lowest BCUT2D eigenvalue weighted by Crippen LogP contribution is -2.31. The molecule has 0 saturated heterocycles. The van der Waals surface area contributed by atoms with E-state index in [2.05, 4.69) is 51.4 Å². The highest BCUT2D eigenvalue weighted by molar-refractivity contribution is 5.51. The summed E-state index contributed by atoms with van der Waals surface area (Å²) in [4.78, 5) is 11.3. The Morgan fingerprint density at radius 1 is 1.20 bits per heavy atom. The molecule has 3 rings (SSSR count). The average Bonchev–Trinajstić information content (AvgIpc) is 2.46. The standard InChI is InChI=1S/C16H20N4/c1-3-17-15-10-16(19-12(2)18-15)20-9-8-13-6-4-5-7-14(13)11-20/h4-7,10H,3,8-9,11H2,1-2H3,(H,17,18,19). The van der Waals surface area contributed by atoms with E-state index in [4.69, 9.17) is 0 Å². The molecular weight excluding hydrogens is 248 g/mol. The van der Waals surface area contributed by atoms with E-state index in [9.17, 15) is 0 Å². The lowest BCUT2D eigenvalue weighted by molar-refractivity contribution is 0.717. The molecule has 0 amide bonds. The van der Waals surface area contributed by atoms with Crippen LogP contribution < -0.4 is 10.2 Å². The molecule has 0 aliphatic carbocycles. The van der Waals surface area contributed by atoms with Gasteiger partial charge in [0.15, 0.2) is 0 Å². The van der Waals surface area contributed by atoms with Crippen molar-refractivity contribution in [2.45, 2.75) is 26.8 Å². The molecule has 1 aromatic carbocycles. The van der Waals surface area contributed by atoms with E-state index in [0.717, 1.165) is 43.5 Å². The van der Waals surface area contributed by atoms with Crippen LogP contribution in [0.4, 0.5) is 11.6 Å². The molecule has 20 heavy (non-hydrogen) atoms. The quantitative estimate of drug-likeness (QED) is 0.929. The number of fused-ring (bicyclic) bond motifs is 1. The Balaban J connectivity index is 1.87. The van der Waals surface area contributed by atoms with Crippen molar-refractivity contribution in [2.75, 3.05) is 23.3 Å². The van der Waals surface area contributed by atoms with E-state index in [0.29, 0.717) is 0 Å². The average molecular weight is 268 g/mol. The van der Waals surface area contributed by atoms with Crippen LogP contribution in [0.1, 0.15) is 23.9 Å². The Labute approximate surface area is 119 Å². The number of rotatable bonds is 3. The second-order valence-corrected chi connectivity index (χ2v) is 5.13. The fourth-order valence-corrected chi connectivity index (χ4v) is 2.68. The molecule has 2 aromatic rings. The number of nitrogens with one attached hydrogen (secondary N) is 1. The second kappa shape index (κ2) is 5.49. The highest BCUT2D eigenvalue weighted by Crippen LogP contribution is 2.24. The Kier molecular flexibility index (Phi) is 3.54. The van der Waals surface area contributed by atoms with Gasteiger partial charge in [-0.25, -0.2) is 9.97 Å². The minimum absolute atomic E-state index is 0.817. The Hall–Kier alpha value is -2.10. The Bertz CT molecular complexity index is 609. The zero-order valence-electron chi connectivity index (χ0n) is 12.1. The van der Waals surface area contributed by atoms with Gasteiger partial charge >= 0.3 is 0 Å². The van der Waals surface area contributed by atoms with Gasteiger partial charge in [0.2, 0.25) is 0 Å². The summed E-state index contributed by atoms with van der Waals surface area (Å²) >= 11 is 0. The lowest BCUT2D eigenvalue weighted by atomic mass is 10.00. The lowest BCUT2D eigenvalue weighted by Gasteiger charge is -2.30. The summed E-state index contributed by atoms with van der Waals surface area (Å²) in [5, 5.41) is 3.27. The number of anilines is 2. The number of hydrogen-bond donors (Lipinski definition) is 1. The fourth-order valence-electron chi connectivity index (χ4n) is 2.68. The predicted molar refractivity (Wildman–Crippen MR) is 82.1 cm³/mol. The van der Waals surface area contributed by atoms with Crippen molar-refractivity contribution < 1.29 is 0 Å². The summed E-state index contributed by atoms with van der Waals surface area (Å²) in [5.41, 5.74) is 2.86. The second-order valence-electron chi connectivity index (χ2n) is 5.13. The molecule has 1 aromatic heterocycles. The molecule has 0 radical (unpaired) electrons. The van der Waals surface area contributed by atoms with E-state index in [1.165, 1.54) is 11.1 Å². The monoisotopic (exact) mass is 268 g/mol. The van der Waals surface area contributed by atoms with Crippen LogP contribution in [0.2, 0.25) is 0 Å². The van der Waals surface area contributed by atoms with Crippen molar-refractivity contribution in [3.8, 4) is 0 Å². The third-order valence-electron chi connectivity index (χ3n) is 3.64. The van der Waals surface area contributed by atoms with E-state index in [1.807, 2.05) is 13.0 Å². The maximum atomic E-state index is 4.59. The van der Waals surface area contributed by atoms with Gasteiger partial charge in [-0.1, -0.05) is 24.3 Å². The zero-order chi connectivity index (χ0) is 13.9. The molecule has 1 aliphatic rings. The van der Waals surface area contributed by atoms with Gasteiger partial charge in [-0.15, -0.1) is 0 Å². The van der Waals surface area contributed by atoms with Crippen LogP contribution in [-0.4, -0.2) is 23.1 Å². The molecule has 0 spiro atoms. The van der Waals surface area contributed by atoms with Gasteiger partial charge in [0.05, 0.1) is 0 Å². The van der Waals surface area contributed by atoms with Crippen molar-refractivity contribution in [3.05, 3.63) is 47.3 Å². The van der Waals surface area contributed by atoms with Crippen LogP contribution in [0.15, 0.2) is 30.3 Å². The third-order valence-corrected chi connectivity index (χ3v) is 3.64. The normalized spacial score (nSPS) is 14.0. The Morgan fingerprint density at radius 2 is 2.00 bits per heavy atom. The van der Waals surface area contributed by atoms with Gasteiger partial charge in [0.1, 0.15) is 17.5 Å². The van der Waals surface area contributed by atoms with Gasteiger partial charge in [-0.3, -0.25) is 0 Å². The SMILES string of the molecule is CCNc1cc(N2CCc3ccccc3C2)nc(C)n1. The van der Waals surface area contributed by atoms with Crippen molar-refractivity contribution in [1.82, 2.24) is 9.97 Å². The summed E-state index contributed by atoms with van der Waals surface area (Å²) in [6, 6.07) is 10.7. The fraction of sp³-hybridized carbons (Fsp3) is 0.375. The van der Waals surface area contributed by atoms with Crippen LogP contribution >= 0.6 is 0 Å². The summed E-state index contributed by atoms with van der Waals surface area (Å²) < 4.78 is 0. The van der Waals surface area contributed by atoms with E-state index >= 15 is 0 Å². The summed E-state index contributed by atoms with van der Waals surface area (Å²) in [6.45, 7) is 6.84. The molecule has 2 heterocycles. The molecule has 0 bridgehead atoms. The van der Waals surface area contributed by atoms with Crippen molar-refractivity contribution >= 4 is 11.6 Å². The molecule has 1 aliphatic heterocycles. The number of benzene rings is 1. The molecule has 1 N–H and O–H groups in total. The molecule has 4 nitrogen and oxygen atoms in total. The van der Waals surface area contributed by atoms with Crippen molar-refractivity contribution in [1.29, 1.82) is 0 Å². The molecule has 104 valence electrons. The number of aryl methyl sites for hydroxylation is 1. The van der Waals surface area contributed by atoms with Crippen LogP contribution in [0, 0.1) is 6.92 Å². The van der Waals surface area contributed by atoms with Gasteiger partial charge in [-0.2, -0.15) is 0 Å². The highest BCUT2D eigenvalue weighted by Gasteiger charge is 2.17. The largest absolute Gasteiger partial charge is 0.370 e. The molecule has 0 fully saturated rings. The van der Waals surface area contributed by atoms with Gasteiger partial charge in [-0.05, 0) is 31.4 Å². The van der Waals surface area contributed by atoms with Crippen LogP contribution in [-0.2, 0) is 13.0 Å². The minimum Gasteiger partial charge on any atom is -0.370 e. The van der Waals surface area contributed by atoms with E-state index in [-0.39, 0.29) is 0 Å². The third kappa shape index (κ3) is 2.59. The highest BCUT2D eigenvalue weighted by atomic mass is 15.2. The summed E-state index contributed by atoms with van der Waals surface area (Å²) in [6.07, 6.45) is 1.08. The van der Waals surface area contributed by atoms with Gasteiger partial charge in [0, 0.05) is 25.7 Å². The van der Waals surface area contributed by atoms with Gasteiger partial charge in [0.25, 0.3) is 0 Å². The topological polar surface area (TPSA) is 41.0 Å². The van der Waals surface area contributed by atoms with Crippen LogP contribution in [0.3, 0.4) is 0 Å². The first-order chi connectivity index (χ1) is 9.76. The Morgan fingerprint density at radius 3 is 2.80 bits per heavy atom. The predicted octanol–water partition coefficient (Wildman–Crippen LogP) is 2.78. The minimum atomic E-state index is 0.817. The number of nitrogens with zero attached hydrogens (tertiary/aromatic N) is 3. The smallest absolute Gasteiger partial charge is 0.134 e. The summed E-state index contributed by atoms with van der Waals surface area (Å²) in [5.74, 6) is 2.74. The first kappa shape index (κ1) is 12.9. The maximum absolute atomic E-state index is 4.59. The van der Waals surface area contributed by atoms with E-state index in [1.54, 1.807) is 0 Å². The molecule has 0 atom stereocenters. The summed E-state index contributed by atoms with van der Waals surface area (Å²) in [7, 11) is 0. The van der Waals surface area contributed by atoms with Crippen LogP contribution in [0.25, 0.3) is 0 Å². The molecule has 0 saturated carbocycles. The zero-order valence-corrected chi connectivity index (χ0v) is 12.1. The number of hydrogen-bond acceptors (Lipinski definition) is 4. The first-order valence-electron chi connectivity index (χ1n) is 7.17. The molecule has 4 heteroatoms. The van der Waals surface area contributed by atoms with E-state index < -0.39 is 0 Å². The molecular formula is C16H20N4. The number of aromatic nitrogens is 2. The van der Waals surface area contributed by atoms with Crippen molar-refractivity contribution in [3.63, 3.8) is 0 Å². The maximum Gasteiger partial charge on any atom is 0.134 e. The van der Waals surface area contributed by atoms with Crippen LogP contribution in [0.5, 0.6) is 0 Å². The first-order valence-corrected chi connectivity index (χ1v) is 7.17. The van der Waals surface area contributed by atoms with Crippen molar-refractivity contribution in [2.24, 2.45) is 0 Å². The molecule has 0 unspecified atom stereocenters.